The number of hydrogen-bond acceptors (Lipinski definition) is 4. The van der Waals surface area contributed by atoms with Crippen LogP contribution in [0, 0.1) is 0 Å². The van der Waals surface area contributed by atoms with E-state index in [-0.39, 0.29) is 11.3 Å². The van der Waals surface area contributed by atoms with E-state index in [9.17, 15) is 9.90 Å². The van der Waals surface area contributed by atoms with Crippen molar-refractivity contribution >= 4 is 5.65 Å². The van der Waals surface area contributed by atoms with Gasteiger partial charge in [-0.1, -0.05) is 0 Å². The Kier molecular flexibility index (Phi) is 2.33. The molecule has 1 aliphatic heterocycles. The van der Waals surface area contributed by atoms with E-state index in [0.29, 0.717) is 11.6 Å². The highest BCUT2D eigenvalue weighted by molar-refractivity contribution is 5.42. The molecule has 1 fully saturated rings. The van der Waals surface area contributed by atoms with E-state index in [1.807, 2.05) is 0 Å². The van der Waals surface area contributed by atoms with Crippen LogP contribution in [-0.2, 0) is 0 Å². The van der Waals surface area contributed by atoms with E-state index in [1.165, 1.54) is 10.6 Å². The van der Waals surface area contributed by atoms with Crippen molar-refractivity contribution in [3.05, 3.63) is 40.4 Å². The summed E-state index contributed by atoms with van der Waals surface area (Å²) in [5.41, 5.74) is 1.27. The van der Waals surface area contributed by atoms with E-state index in [2.05, 4.69) is 10.3 Å². The van der Waals surface area contributed by atoms with Crippen molar-refractivity contribution in [1.82, 2.24) is 14.7 Å². The van der Waals surface area contributed by atoms with Crippen LogP contribution in [0.3, 0.4) is 0 Å². The topological polar surface area (TPSA) is 66.6 Å². The molecule has 0 aromatic carbocycles. The van der Waals surface area contributed by atoms with Crippen LogP contribution in [0.1, 0.15) is 18.0 Å². The van der Waals surface area contributed by atoms with Gasteiger partial charge in [0.25, 0.3) is 5.56 Å². The SMILES string of the molecule is O=c1cc(C2CCNC2)nc2ccc(O)cn12. The van der Waals surface area contributed by atoms with Crippen LogP contribution in [0.2, 0.25) is 0 Å². The molecule has 0 bridgehead atoms. The minimum absolute atomic E-state index is 0.0664. The fourth-order valence-corrected chi connectivity index (χ4v) is 2.23. The highest BCUT2D eigenvalue weighted by atomic mass is 16.3. The summed E-state index contributed by atoms with van der Waals surface area (Å²) in [6.07, 6.45) is 2.40. The number of aromatic hydroxyl groups is 1. The summed E-state index contributed by atoms with van der Waals surface area (Å²) in [6.45, 7) is 1.85. The molecule has 0 radical (unpaired) electrons. The highest BCUT2D eigenvalue weighted by Crippen LogP contribution is 2.20. The van der Waals surface area contributed by atoms with Gasteiger partial charge in [-0.3, -0.25) is 9.20 Å². The molecule has 0 spiro atoms. The predicted octanol–water partition coefficient (Wildman–Crippen LogP) is 0.477. The van der Waals surface area contributed by atoms with Gasteiger partial charge in [-0.2, -0.15) is 0 Å². The van der Waals surface area contributed by atoms with Crippen LogP contribution < -0.4 is 10.9 Å². The van der Waals surface area contributed by atoms with Gasteiger partial charge in [0.05, 0.1) is 11.9 Å². The maximum Gasteiger partial charge on any atom is 0.258 e. The Bertz CT molecular complexity index is 615. The zero-order valence-corrected chi connectivity index (χ0v) is 9.26. The zero-order valence-electron chi connectivity index (χ0n) is 9.26. The fraction of sp³-hybridized carbons (Fsp3) is 0.333. The summed E-state index contributed by atoms with van der Waals surface area (Å²) in [6, 6.07) is 4.76. The van der Waals surface area contributed by atoms with Crippen LogP contribution in [-0.4, -0.2) is 27.6 Å². The lowest BCUT2D eigenvalue weighted by molar-refractivity contribution is 0.471. The maximum absolute atomic E-state index is 11.9. The third-order valence-corrected chi connectivity index (χ3v) is 3.14. The number of fused-ring (bicyclic) bond motifs is 1. The smallest absolute Gasteiger partial charge is 0.258 e. The number of hydrogen-bond donors (Lipinski definition) is 2. The van der Waals surface area contributed by atoms with Crippen LogP contribution >= 0.6 is 0 Å². The van der Waals surface area contributed by atoms with Crippen LogP contribution in [0.25, 0.3) is 5.65 Å². The molecule has 0 amide bonds. The zero-order chi connectivity index (χ0) is 11.8. The minimum atomic E-state index is -0.146. The average molecular weight is 231 g/mol. The first-order chi connectivity index (χ1) is 8.24. The molecule has 1 atom stereocenters. The van der Waals surface area contributed by atoms with Crippen LogP contribution in [0.4, 0.5) is 0 Å². The molecule has 1 unspecified atom stereocenters. The van der Waals surface area contributed by atoms with E-state index in [0.717, 1.165) is 25.2 Å². The molecular weight excluding hydrogens is 218 g/mol. The summed E-state index contributed by atoms with van der Waals surface area (Å²) in [5, 5.41) is 12.6. The Morgan fingerprint density at radius 2 is 2.35 bits per heavy atom. The Hall–Kier alpha value is -1.88. The molecule has 2 N–H and O–H groups in total. The molecular formula is C12H13N3O2. The summed E-state index contributed by atoms with van der Waals surface area (Å²) in [7, 11) is 0. The average Bonchev–Trinajstić information content (AvgIpc) is 2.83. The van der Waals surface area contributed by atoms with Gasteiger partial charge >= 0.3 is 0 Å². The number of nitrogens with one attached hydrogen (secondary N) is 1. The van der Waals surface area contributed by atoms with Gasteiger partial charge in [0.15, 0.2) is 0 Å². The number of rotatable bonds is 1. The normalized spacial score (nSPS) is 19.9. The van der Waals surface area contributed by atoms with Crippen molar-refractivity contribution in [2.24, 2.45) is 0 Å². The number of pyridine rings is 1. The van der Waals surface area contributed by atoms with Crippen molar-refractivity contribution in [2.45, 2.75) is 12.3 Å². The Labute approximate surface area is 97.7 Å². The molecule has 0 saturated carbocycles. The number of aromatic nitrogens is 2. The Morgan fingerprint density at radius 1 is 1.47 bits per heavy atom. The summed E-state index contributed by atoms with van der Waals surface area (Å²) in [5.74, 6) is 0.387. The largest absolute Gasteiger partial charge is 0.506 e. The Morgan fingerprint density at radius 3 is 3.12 bits per heavy atom. The molecule has 2 aromatic heterocycles. The third-order valence-electron chi connectivity index (χ3n) is 3.14. The molecule has 5 heteroatoms. The molecule has 1 saturated heterocycles. The predicted molar refractivity (Wildman–Crippen MR) is 63.4 cm³/mol. The van der Waals surface area contributed by atoms with E-state index >= 15 is 0 Å². The second kappa shape index (κ2) is 3.85. The fourth-order valence-electron chi connectivity index (χ4n) is 2.23. The summed E-state index contributed by atoms with van der Waals surface area (Å²) < 4.78 is 1.36. The van der Waals surface area contributed by atoms with E-state index in [4.69, 9.17) is 0 Å². The van der Waals surface area contributed by atoms with Gasteiger partial charge in [-0.15, -0.1) is 0 Å². The molecule has 0 aliphatic carbocycles. The first-order valence-corrected chi connectivity index (χ1v) is 5.67. The second-order valence-corrected chi connectivity index (χ2v) is 4.32. The molecule has 88 valence electrons. The lowest BCUT2D eigenvalue weighted by atomic mass is 10.0. The molecule has 5 nitrogen and oxygen atoms in total. The van der Waals surface area contributed by atoms with Crippen molar-refractivity contribution in [1.29, 1.82) is 0 Å². The van der Waals surface area contributed by atoms with Crippen molar-refractivity contribution in [3.8, 4) is 5.75 Å². The van der Waals surface area contributed by atoms with E-state index < -0.39 is 0 Å². The molecule has 3 heterocycles. The second-order valence-electron chi connectivity index (χ2n) is 4.32. The monoisotopic (exact) mass is 231 g/mol. The van der Waals surface area contributed by atoms with Crippen molar-refractivity contribution in [3.63, 3.8) is 0 Å². The van der Waals surface area contributed by atoms with Gasteiger partial charge in [0.1, 0.15) is 11.4 Å². The first kappa shape index (κ1) is 10.3. The van der Waals surface area contributed by atoms with Crippen molar-refractivity contribution < 1.29 is 5.11 Å². The quantitative estimate of drug-likeness (QED) is 0.749. The lowest BCUT2D eigenvalue weighted by Gasteiger charge is -2.09. The van der Waals surface area contributed by atoms with Gasteiger partial charge in [0.2, 0.25) is 0 Å². The Balaban J connectivity index is 2.17. The third kappa shape index (κ3) is 1.78. The van der Waals surface area contributed by atoms with Gasteiger partial charge < -0.3 is 10.4 Å². The van der Waals surface area contributed by atoms with Crippen molar-refractivity contribution in [2.75, 3.05) is 13.1 Å². The van der Waals surface area contributed by atoms with Gasteiger partial charge in [-0.05, 0) is 25.1 Å². The molecule has 2 aromatic rings. The van der Waals surface area contributed by atoms with Gasteiger partial charge in [-0.25, -0.2) is 4.98 Å². The summed E-state index contributed by atoms with van der Waals surface area (Å²) in [4.78, 5) is 16.4. The van der Waals surface area contributed by atoms with Gasteiger partial charge in [0, 0.05) is 18.5 Å². The highest BCUT2D eigenvalue weighted by Gasteiger charge is 2.19. The summed E-state index contributed by atoms with van der Waals surface area (Å²) >= 11 is 0. The molecule has 3 rings (SSSR count). The van der Waals surface area contributed by atoms with Crippen LogP contribution in [0.5, 0.6) is 5.75 Å². The molecule has 1 aliphatic rings. The first-order valence-electron chi connectivity index (χ1n) is 5.67. The molecule has 17 heavy (non-hydrogen) atoms. The van der Waals surface area contributed by atoms with Crippen LogP contribution in [0.15, 0.2) is 29.2 Å². The van der Waals surface area contributed by atoms with E-state index in [1.54, 1.807) is 18.2 Å². The minimum Gasteiger partial charge on any atom is -0.506 e. The standard InChI is InChI=1S/C12H13N3O2/c16-9-1-2-11-14-10(8-3-4-13-6-8)5-12(17)15(11)7-9/h1-2,5,7-8,13,16H,3-4,6H2. The number of nitrogens with zero attached hydrogens (tertiary/aromatic N) is 2. The lowest BCUT2D eigenvalue weighted by Crippen LogP contribution is -2.17. The maximum atomic E-state index is 11.9.